The molecule has 0 aliphatic rings. The van der Waals surface area contributed by atoms with E-state index in [4.69, 9.17) is 10.5 Å². The maximum Gasteiger partial charge on any atom is 0.148 e. The van der Waals surface area contributed by atoms with Crippen LogP contribution in [0.1, 0.15) is 5.56 Å². The Morgan fingerprint density at radius 1 is 1.47 bits per heavy atom. The summed E-state index contributed by atoms with van der Waals surface area (Å²) in [6.07, 6.45) is 3.36. The summed E-state index contributed by atoms with van der Waals surface area (Å²) in [5.74, 6) is 1.20. The summed E-state index contributed by atoms with van der Waals surface area (Å²) in [5.41, 5.74) is 8.37. The number of aromatic amines is 1. The van der Waals surface area contributed by atoms with Gasteiger partial charge in [-0.3, -0.25) is 10.1 Å². The molecule has 78 valence electrons. The molecule has 5 nitrogen and oxygen atoms in total. The van der Waals surface area contributed by atoms with Gasteiger partial charge in [0.25, 0.3) is 0 Å². The molecule has 0 atom stereocenters. The first-order chi connectivity index (χ1) is 7.24. The summed E-state index contributed by atoms with van der Waals surface area (Å²) in [5, 5.41) is 6.83. The highest BCUT2D eigenvalue weighted by molar-refractivity contribution is 5.72. The van der Waals surface area contributed by atoms with Gasteiger partial charge in [-0.2, -0.15) is 5.10 Å². The normalized spacial score (nSPS) is 10.3. The van der Waals surface area contributed by atoms with Crippen LogP contribution < -0.4 is 10.5 Å². The zero-order valence-electron chi connectivity index (χ0n) is 8.61. The number of nitrogen functional groups attached to an aromatic ring is 1. The minimum atomic E-state index is 0.504. The summed E-state index contributed by atoms with van der Waals surface area (Å²) < 4.78 is 5.21. The number of anilines is 1. The largest absolute Gasteiger partial charge is 0.494 e. The number of hydrogen-bond donors (Lipinski definition) is 2. The predicted octanol–water partition coefficient (Wildman–Crippen LogP) is 1.37. The molecule has 2 rings (SSSR count). The molecule has 2 aromatic rings. The van der Waals surface area contributed by atoms with Gasteiger partial charge in [-0.1, -0.05) is 0 Å². The number of aromatic nitrogens is 3. The Bertz CT molecular complexity index is 478. The Hall–Kier alpha value is -2.04. The fourth-order valence-electron chi connectivity index (χ4n) is 1.42. The van der Waals surface area contributed by atoms with Crippen LogP contribution >= 0.6 is 0 Å². The van der Waals surface area contributed by atoms with E-state index in [1.807, 2.05) is 13.0 Å². The first-order valence-electron chi connectivity index (χ1n) is 4.53. The molecule has 2 aromatic heterocycles. The average Bonchev–Trinajstić information content (AvgIpc) is 2.60. The topological polar surface area (TPSA) is 76.8 Å². The summed E-state index contributed by atoms with van der Waals surface area (Å²) >= 11 is 0. The van der Waals surface area contributed by atoms with E-state index in [1.165, 1.54) is 0 Å². The minimum absolute atomic E-state index is 0.504. The van der Waals surface area contributed by atoms with E-state index in [-0.39, 0.29) is 0 Å². The average molecular weight is 204 g/mol. The molecule has 2 heterocycles. The van der Waals surface area contributed by atoms with Crippen molar-refractivity contribution in [1.29, 1.82) is 0 Å². The van der Waals surface area contributed by atoms with Gasteiger partial charge in [-0.25, -0.2) is 0 Å². The summed E-state index contributed by atoms with van der Waals surface area (Å²) in [4.78, 5) is 3.99. The van der Waals surface area contributed by atoms with E-state index in [0.29, 0.717) is 11.6 Å². The van der Waals surface area contributed by atoms with E-state index in [1.54, 1.807) is 19.5 Å². The van der Waals surface area contributed by atoms with Crippen molar-refractivity contribution >= 4 is 5.82 Å². The van der Waals surface area contributed by atoms with Crippen molar-refractivity contribution < 1.29 is 4.74 Å². The van der Waals surface area contributed by atoms with Crippen molar-refractivity contribution in [1.82, 2.24) is 15.2 Å². The van der Waals surface area contributed by atoms with E-state index in [2.05, 4.69) is 15.2 Å². The van der Waals surface area contributed by atoms with Crippen LogP contribution in [0.15, 0.2) is 18.5 Å². The fraction of sp³-hybridized carbons (Fsp3) is 0.200. The smallest absolute Gasteiger partial charge is 0.148 e. The fourth-order valence-corrected chi connectivity index (χ4v) is 1.42. The molecule has 0 bridgehead atoms. The van der Waals surface area contributed by atoms with Crippen molar-refractivity contribution in [2.24, 2.45) is 0 Å². The van der Waals surface area contributed by atoms with Crippen molar-refractivity contribution in [2.75, 3.05) is 12.8 Å². The molecule has 0 aliphatic carbocycles. The van der Waals surface area contributed by atoms with E-state index in [9.17, 15) is 0 Å². The zero-order valence-corrected chi connectivity index (χ0v) is 8.61. The predicted molar refractivity (Wildman–Crippen MR) is 57.5 cm³/mol. The van der Waals surface area contributed by atoms with Crippen LogP contribution in [0.4, 0.5) is 5.82 Å². The molecule has 0 aromatic carbocycles. The second-order valence-electron chi connectivity index (χ2n) is 3.18. The van der Waals surface area contributed by atoms with E-state index < -0.39 is 0 Å². The first-order valence-corrected chi connectivity index (χ1v) is 4.53. The van der Waals surface area contributed by atoms with Crippen LogP contribution in [0.25, 0.3) is 11.3 Å². The van der Waals surface area contributed by atoms with Crippen molar-refractivity contribution in [3.8, 4) is 17.0 Å². The van der Waals surface area contributed by atoms with Gasteiger partial charge in [0.1, 0.15) is 11.6 Å². The van der Waals surface area contributed by atoms with Gasteiger partial charge in [-0.05, 0) is 13.0 Å². The summed E-state index contributed by atoms with van der Waals surface area (Å²) in [6.45, 7) is 1.91. The summed E-state index contributed by atoms with van der Waals surface area (Å²) in [7, 11) is 1.61. The Morgan fingerprint density at radius 3 is 2.87 bits per heavy atom. The molecular weight excluding hydrogens is 192 g/mol. The molecule has 0 spiro atoms. The Labute approximate surface area is 87.3 Å². The quantitative estimate of drug-likeness (QED) is 0.774. The molecule has 0 fully saturated rings. The second-order valence-corrected chi connectivity index (χ2v) is 3.18. The Morgan fingerprint density at radius 2 is 2.27 bits per heavy atom. The number of nitrogens with two attached hydrogens (primary N) is 1. The Balaban J connectivity index is 2.58. The molecule has 0 saturated heterocycles. The molecule has 0 aliphatic heterocycles. The van der Waals surface area contributed by atoms with Crippen LogP contribution in [0.3, 0.4) is 0 Å². The van der Waals surface area contributed by atoms with Gasteiger partial charge < -0.3 is 10.5 Å². The second kappa shape index (κ2) is 3.61. The number of methoxy groups -OCH3 is 1. The Kier molecular flexibility index (Phi) is 2.29. The van der Waals surface area contributed by atoms with Crippen molar-refractivity contribution in [2.45, 2.75) is 6.92 Å². The maximum absolute atomic E-state index is 5.67. The molecule has 0 saturated carbocycles. The molecule has 0 radical (unpaired) electrons. The van der Waals surface area contributed by atoms with E-state index in [0.717, 1.165) is 16.8 Å². The number of nitrogens with one attached hydrogen (secondary N) is 1. The number of hydrogen-bond acceptors (Lipinski definition) is 4. The summed E-state index contributed by atoms with van der Waals surface area (Å²) in [6, 6.07) is 1.86. The van der Waals surface area contributed by atoms with Crippen LogP contribution in [0, 0.1) is 6.92 Å². The van der Waals surface area contributed by atoms with Crippen molar-refractivity contribution in [3.05, 3.63) is 24.0 Å². The number of nitrogens with zero attached hydrogens (tertiary/aromatic N) is 2. The minimum Gasteiger partial charge on any atom is -0.494 e. The highest BCUT2D eigenvalue weighted by atomic mass is 16.5. The van der Waals surface area contributed by atoms with Gasteiger partial charge in [-0.15, -0.1) is 0 Å². The third-order valence-corrected chi connectivity index (χ3v) is 2.32. The van der Waals surface area contributed by atoms with Gasteiger partial charge in [0, 0.05) is 17.3 Å². The number of rotatable bonds is 2. The standard InChI is InChI=1S/C10H12N4O/c1-6-9(13-14-10(6)11)7-3-4-12-5-8(7)15-2/h3-5H,1-2H3,(H3,11,13,14). The van der Waals surface area contributed by atoms with Crippen LogP contribution in [0.2, 0.25) is 0 Å². The molecule has 3 N–H and O–H groups in total. The lowest BCUT2D eigenvalue weighted by atomic mass is 10.1. The molecule has 5 heteroatoms. The first kappa shape index (κ1) is 9.51. The van der Waals surface area contributed by atoms with Crippen LogP contribution in [-0.4, -0.2) is 22.3 Å². The van der Waals surface area contributed by atoms with Gasteiger partial charge in [0.2, 0.25) is 0 Å². The lowest BCUT2D eigenvalue weighted by Gasteiger charge is -2.05. The van der Waals surface area contributed by atoms with Gasteiger partial charge >= 0.3 is 0 Å². The van der Waals surface area contributed by atoms with Crippen LogP contribution in [0.5, 0.6) is 5.75 Å². The number of pyridine rings is 1. The SMILES string of the molecule is COc1cnccc1-c1[nH]nc(N)c1C. The van der Waals surface area contributed by atoms with E-state index >= 15 is 0 Å². The van der Waals surface area contributed by atoms with Gasteiger partial charge in [0.05, 0.1) is 19.0 Å². The highest BCUT2D eigenvalue weighted by Crippen LogP contribution is 2.30. The third kappa shape index (κ3) is 1.52. The zero-order chi connectivity index (χ0) is 10.8. The lowest BCUT2D eigenvalue weighted by Crippen LogP contribution is -1.91. The molecule has 15 heavy (non-hydrogen) atoms. The lowest BCUT2D eigenvalue weighted by molar-refractivity contribution is 0.414. The monoisotopic (exact) mass is 204 g/mol. The molecule has 0 amide bonds. The van der Waals surface area contributed by atoms with Gasteiger partial charge in [0.15, 0.2) is 0 Å². The molecular formula is C10H12N4O. The van der Waals surface area contributed by atoms with Crippen molar-refractivity contribution in [3.63, 3.8) is 0 Å². The number of ether oxygens (including phenoxy) is 1. The highest BCUT2D eigenvalue weighted by Gasteiger charge is 2.12. The number of H-pyrrole nitrogens is 1. The van der Waals surface area contributed by atoms with Crippen LogP contribution in [-0.2, 0) is 0 Å². The molecule has 0 unspecified atom stereocenters. The maximum atomic E-state index is 5.67. The third-order valence-electron chi connectivity index (χ3n) is 2.32.